The lowest BCUT2D eigenvalue weighted by Gasteiger charge is -2.07. The van der Waals surface area contributed by atoms with Gasteiger partial charge in [0.1, 0.15) is 27.3 Å². The summed E-state index contributed by atoms with van der Waals surface area (Å²) >= 11 is 3.25. The van der Waals surface area contributed by atoms with Gasteiger partial charge in [0.2, 0.25) is 0 Å². The standard InChI is InChI=1S/C14H9BrFN3O2/c1-21-10-6-7(16)5-9-12(10)14(20)19-13(18-9)8-3-2-4-11(15)17-8/h2-6H,1H3,(H,18,19,20). The van der Waals surface area contributed by atoms with Crippen LogP contribution in [0.25, 0.3) is 22.4 Å². The van der Waals surface area contributed by atoms with Crippen LogP contribution in [0.4, 0.5) is 4.39 Å². The number of aromatic amines is 1. The zero-order valence-electron chi connectivity index (χ0n) is 10.9. The van der Waals surface area contributed by atoms with E-state index in [1.807, 2.05) is 0 Å². The number of hydrogen-bond donors (Lipinski definition) is 1. The summed E-state index contributed by atoms with van der Waals surface area (Å²) in [5.41, 5.74) is 0.285. The molecule has 0 spiro atoms. The van der Waals surface area contributed by atoms with Crippen LogP contribution in [0.2, 0.25) is 0 Å². The first-order chi connectivity index (χ1) is 10.1. The highest BCUT2D eigenvalue weighted by molar-refractivity contribution is 9.10. The van der Waals surface area contributed by atoms with Crippen molar-refractivity contribution in [2.24, 2.45) is 0 Å². The van der Waals surface area contributed by atoms with Gasteiger partial charge in [0.05, 0.1) is 12.6 Å². The summed E-state index contributed by atoms with van der Waals surface area (Å²) in [5.74, 6) is -0.112. The van der Waals surface area contributed by atoms with Gasteiger partial charge in [-0.1, -0.05) is 6.07 Å². The van der Waals surface area contributed by atoms with Crippen molar-refractivity contribution in [1.82, 2.24) is 15.0 Å². The minimum Gasteiger partial charge on any atom is -0.496 e. The highest BCUT2D eigenvalue weighted by Crippen LogP contribution is 2.24. The molecule has 1 aromatic carbocycles. The van der Waals surface area contributed by atoms with Crippen molar-refractivity contribution in [2.75, 3.05) is 7.11 Å². The molecule has 0 radical (unpaired) electrons. The van der Waals surface area contributed by atoms with Gasteiger partial charge in [-0.05, 0) is 28.1 Å². The Morgan fingerprint density at radius 2 is 2.10 bits per heavy atom. The summed E-state index contributed by atoms with van der Waals surface area (Å²) in [7, 11) is 1.37. The van der Waals surface area contributed by atoms with E-state index in [4.69, 9.17) is 4.74 Å². The Balaban J connectivity index is 2.31. The van der Waals surface area contributed by atoms with Crippen molar-refractivity contribution in [3.8, 4) is 17.3 Å². The van der Waals surface area contributed by atoms with Crippen LogP contribution in [0.5, 0.6) is 5.75 Å². The number of aromatic nitrogens is 3. The maximum absolute atomic E-state index is 13.6. The van der Waals surface area contributed by atoms with Crippen LogP contribution in [0.3, 0.4) is 0 Å². The van der Waals surface area contributed by atoms with Gasteiger partial charge >= 0.3 is 0 Å². The van der Waals surface area contributed by atoms with Gasteiger partial charge in [-0.15, -0.1) is 0 Å². The maximum atomic E-state index is 13.6. The van der Waals surface area contributed by atoms with Gasteiger partial charge in [0.25, 0.3) is 5.56 Å². The molecular weight excluding hydrogens is 341 g/mol. The largest absolute Gasteiger partial charge is 0.496 e. The zero-order chi connectivity index (χ0) is 15.0. The minimum absolute atomic E-state index is 0.146. The van der Waals surface area contributed by atoms with Crippen molar-refractivity contribution < 1.29 is 9.13 Å². The molecule has 0 fully saturated rings. The third-order valence-corrected chi connectivity index (χ3v) is 3.36. The van der Waals surface area contributed by atoms with Gasteiger partial charge in [-0.3, -0.25) is 4.79 Å². The fourth-order valence-corrected chi connectivity index (χ4v) is 2.37. The molecule has 3 rings (SSSR count). The van der Waals surface area contributed by atoms with E-state index < -0.39 is 11.4 Å². The number of nitrogens with one attached hydrogen (secondary N) is 1. The monoisotopic (exact) mass is 349 g/mol. The molecule has 3 aromatic rings. The smallest absolute Gasteiger partial charge is 0.262 e. The second-order valence-electron chi connectivity index (χ2n) is 4.26. The third-order valence-electron chi connectivity index (χ3n) is 2.92. The van der Waals surface area contributed by atoms with E-state index in [1.54, 1.807) is 18.2 Å². The summed E-state index contributed by atoms with van der Waals surface area (Å²) in [4.78, 5) is 23.3. The molecule has 5 nitrogen and oxygen atoms in total. The molecule has 0 aliphatic rings. The number of hydrogen-bond acceptors (Lipinski definition) is 4. The molecule has 2 aromatic heterocycles. The summed E-state index contributed by atoms with van der Waals surface area (Å²) < 4.78 is 19.2. The van der Waals surface area contributed by atoms with Crippen LogP contribution >= 0.6 is 15.9 Å². The molecule has 0 saturated carbocycles. The molecule has 7 heteroatoms. The lowest BCUT2D eigenvalue weighted by atomic mass is 10.2. The van der Waals surface area contributed by atoms with Gasteiger partial charge in [-0.2, -0.15) is 0 Å². The maximum Gasteiger partial charge on any atom is 0.262 e. The van der Waals surface area contributed by atoms with Crippen LogP contribution in [-0.4, -0.2) is 22.1 Å². The Morgan fingerprint density at radius 3 is 2.81 bits per heavy atom. The fourth-order valence-electron chi connectivity index (χ4n) is 2.03. The lowest BCUT2D eigenvalue weighted by molar-refractivity contribution is 0.416. The zero-order valence-corrected chi connectivity index (χ0v) is 12.4. The van der Waals surface area contributed by atoms with E-state index in [9.17, 15) is 9.18 Å². The Hall–Kier alpha value is -2.28. The van der Waals surface area contributed by atoms with E-state index in [2.05, 4.69) is 30.9 Å². The van der Waals surface area contributed by atoms with Crippen molar-refractivity contribution >= 4 is 26.8 Å². The second kappa shape index (κ2) is 5.25. The average molecular weight is 350 g/mol. The predicted octanol–water partition coefficient (Wildman–Crippen LogP) is 2.90. The van der Waals surface area contributed by atoms with Gasteiger partial charge < -0.3 is 9.72 Å². The number of pyridine rings is 1. The average Bonchev–Trinajstić information content (AvgIpc) is 2.45. The van der Waals surface area contributed by atoms with E-state index in [0.29, 0.717) is 10.3 Å². The highest BCUT2D eigenvalue weighted by atomic mass is 79.9. The molecule has 106 valence electrons. The summed E-state index contributed by atoms with van der Waals surface area (Å²) in [6.45, 7) is 0. The lowest BCUT2D eigenvalue weighted by Crippen LogP contribution is -2.11. The Labute approximate surface area is 127 Å². The first kappa shape index (κ1) is 13.7. The molecule has 0 aliphatic carbocycles. The van der Waals surface area contributed by atoms with E-state index in [1.165, 1.54) is 13.2 Å². The summed E-state index contributed by atoms with van der Waals surface area (Å²) in [6.07, 6.45) is 0. The fraction of sp³-hybridized carbons (Fsp3) is 0.0714. The van der Waals surface area contributed by atoms with Crippen LogP contribution in [-0.2, 0) is 0 Å². The van der Waals surface area contributed by atoms with Crippen molar-refractivity contribution in [3.05, 3.63) is 51.1 Å². The van der Waals surface area contributed by atoms with E-state index in [-0.39, 0.29) is 22.5 Å². The topological polar surface area (TPSA) is 67.9 Å². The molecule has 0 atom stereocenters. The Morgan fingerprint density at radius 1 is 1.29 bits per heavy atom. The van der Waals surface area contributed by atoms with Crippen LogP contribution in [0.1, 0.15) is 0 Å². The van der Waals surface area contributed by atoms with Crippen LogP contribution < -0.4 is 10.3 Å². The Bertz CT molecular complexity index is 895. The summed E-state index contributed by atoms with van der Waals surface area (Å²) in [5, 5.41) is 0.206. The number of halogens is 2. The SMILES string of the molecule is COc1cc(F)cc2nc(-c3cccc(Br)n3)[nH]c(=O)c12. The number of nitrogens with zero attached hydrogens (tertiary/aromatic N) is 2. The molecule has 0 unspecified atom stereocenters. The van der Waals surface area contributed by atoms with Crippen LogP contribution in [0.15, 0.2) is 39.7 Å². The van der Waals surface area contributed by atoms with Gasteiger partial charge in [0.15, 0.2) is 5.82 Å². The Kier molecular flexibility index (Phi) is 3.42. The molecule has 0 amide bonds. The number of methoxy groups -OCH3 is 1. The summed E-state index contributed by atoms with van der Waals surface area (Å²) in [6, 6.07) is 7.56. The second-order valence-corrected chi connectivity index (χ2v) is 5.07. The van der Waals surface area contributed by atoms with Crippen molar-refractivity contribution in [3.63, 3.8) is 0 Å². The number of ether oxygens (including phenoxy) is 1. The quantitative estimate of drug-likeness (QED) is 0.722. The molecule has 2 heterocycles. The first-order valence-electron chi connectivity index (χ1n) is 5.99. The van der Waals surface area contributed by atoms with E-state index >= 15 is 0 Å². The van der Waals surface area contributed by atoms with Gasteiger partial charge in [0, 0.05) is 12.1 Å². The normalized spacial score (nSPS) is 10.8. The van der Waals surface area contributed by atoms with Crippen molar-refractivity contribution in [2.45, 2.75) is 0 Å². The molecule has 1 N–H and O–H groups in total. The number of benzene rings is 1. The number of H-pyrrole nitrogens is 1. The minimum atomic E-state index is -0.523. The molecule has 0 saturated heterocycles. The van der Waals surface area contributed by atoms with Crippen molar-refractivity contribution in [1.29, 1.82) is 0 Å². The number of rotatable bonds is 2. The molecular formula is C14H9BrFN3O2. The molecule has 0 aliphatic heterocycles. The molecule has 21 heavy (non-hydrogen) atoms. The van der Waals surface area contributed by atoms with Crippen LogP contribution in [0, 0.1) is 5.82 Å². The number of fused-ring (bicyclic) bond motifs is 1. The molecule has 0 bridgehead atoms. The first-order valence-corrected chi connectivity index (χ1v) is 6.78. The predicted molar refractivity (Wildman–Crippen MR) is 79.8 cm³/mol. The third kappa shape index (κ3) is 2.52. The van der Waals surface area contributed by atoms with Gasteiger partial charge in [-0.25, -0.2) is 14.4 Å². The highest BCUT2D eigenvalue weighted by Gasteiger charge is 2.13. The van der Waals surface area contributed by atoms with E-state index in [0.717, 1.165) is 6.07 Å².